The molecule has 1 aromatic heterocycles. The van der Waals surface area contributed by atoms with Gasteiger partial charge in [0.25, 0.3) is 11.8 Å². The third kappa shape index (κ3) is 4.70. The molecular weight excluding hydrogens is 418 g/mol. The normalized spacial score (nSPS) is 10.9. The fourth-order valence-corrected chi connectivity index (χ4v) is 3.65. The average Bonchev–Trinajstić information content (AvgIpc) is 3.17. The molecule has 0 bridgehead atoms. The molecule has 4 aromatic rings. The lowest BCUT2D eigenvalue weighted by Crippen LogP contribution is -2.16. The maximum Gasteiger partial charge on any atom is 0.257 e. The van der Waals surface area contributed by atoms with E-state index in [-0.39, 0.29) is 18.4 Å². The standard InChI is InChI=1S/C25H25N5O3/c1-14-7-9-21(19(26)11-14)30-24(31)16-8-10-20(17(12-16)13-33-3)29-25(32)18-5-4-6-22-23(18)28-15(2)27-22/h4-12H,13,26H2,1-3H3,(H,27,28)(H,29,32)(H,30,31). The summed E-state index contributed by atoms with van der Waals surface area (Å²) in [4.78, 5) is 33.4. The van der Waals surface area contributed by atoms with Crippen LogP contribution in [0.15, 0.2) is 54.6 Å². The van der Waals surface area contributed by atoms with Gasteiger partial charge in [0.15, 0.2) is 0 Å². The van der Waals surface area contributed by atoms with Crippen molar-refractivity contribution in [1.29, 1.82) is 0 Å². The van der Waals surface area contributed by atoms with Gasteiger partial charge in [-0.3, -0.25) is 9.59 Å². The van der Waals surface area contributed by atoms with E-state index in [2.05, 4.69) is 20.6 Å². The Bertz CT molecular complexity index is 1360. The first-order valence-electron chi connectivity index (χ1n) is 10.4. The average molecular weight is 444 g/mol. The minimum Gasteiger partial charge on any atom is -0.397 e. The van der Waals surface area contributed by atoms with Crippen LogP contribution in [0, 0.1) is 13.8 Å². The van der Waals surface area contributed by atoms with Crippen LogP contribution >= 0.6 is 0 Å². The maximum absolute atomic E-state index is 13.0. The predicted octanol–water partition coefficient (Wildman–Crippen LogP) is 4.41. The van der Waals surface area contributed by atoms with Gasteiger partial charge >= 0.3 is 0 Å². The van der Waals surface area contributed by atoms with Crippen LogP contribution in [0.1, 0.15) is 37.7 Å². The van der Waals surface area contributed by atoms with Gasteiger partial charge in [-0.1, -0.05) is 12.1 Å². The molecule has 8 heteroatoms. The first-order chi connectivity index (χ1) is 15.9. The number of H-pyrrole nitrogens is 1. The molecule has 4 rings (SSSR count). The fraction of sp³-hybridized carbons (Fsp3) is 0.160. The van der Waals surface area contributed by atoms with Gasteiger partial charge in [-0.05, 0) is 61.9 Å². The highest BCUT2D eigenvalue weighted by Crippen LogP contribution is 2.24. The smallest absolute Gasteiger partial charge is 0.257 e. The van der Waals surface area contributed by atoms with Crippen molar-refractivity contribution in [1.82, 2.24) is 9.97 Å². The van der Waals surface area contributed by atoms with Gasteiger partial charge in [0.2, 0.25) is 0 Å². The molecule has 0 aliphatic carbocycles. The molecule has 5 N–H and O–H groups in total. The van der Waals surface area contributed by atoms with E-state index >= 15 is 0 Å². The maximum atomic E-state index is 13.0. The number of aromatic nitrogens is 2. The summed E-state index contributed by atoms with van der Waals surface area (Å²) in [6.07, 6.45) is 0. The molecule has 0 aliphatic rings. The minimum absolute atomic E-state index is 0.217. The van der Waals surface area contributed by atoms with E-state index < -0.39 is 0 Å². The highest BCUT2D eigenvalue weighted by Gasteiger charge is 2.16. The number of methoxy groups -OCH3 is 1. The van der Waals surface area contributed by atoms with Gasteiger partial charge in [0, 0.05) is 23.9 Å². The number of fused-ring (bicyclic) bond motifs is 1. The van der Waals surface area contributed by atoms with Crippen molar-refractivity contribution in [3.8, 4) is 0 Å². The third-order valence-electron chi connectivity index (χ3n) is 5.25. The second kappa shape index (κ2) is 9.13. The summed E-state index contributed by atoms with van der Waals surface area (Å²) in [6.45, 7) is 3.99. The van der Waals surface area contributed by atoms with Crippen LogP contribution in [-0.4, -0.2) is 28.9 Å². The summed E-state index contributed by atoms with van der Waals surface area (Å²) in [5.74, 6) is 0.126. The molecule has 0 aliphatic heterocycles. The number of amides is 2. The van der Waals surface area contributed by atoms with Gasteiger partial charge in [-0.15, -0.1) is 0 Å². The second-order valence-corrected chi connectivity index (χ2v) is 7.83. The van der Waals surface area contributed by atoms with Crippen molar-refractivity contribution in [3.63, 3.8) is 0 Å². The van der Waals surface area contributed by atoms with Crippen LogP contribution in [0.3, 0.4) is 0 Å². The highest BCUT2D eigenvalue weighted by atomic mass is 16.5. The van der Waals surface area contributed by atoms with Crippen molar-refractivity contribution >= 4 is 39.9 Å². The molecule has 168 valence electrons. The second-order valence-electron chi connectivity index (χ2n) is 7.83. The lowest BCUT2D eigenvalue weighted by molar-refractivity contribution is 0.102. The van der Waals surface area contributed by atoms with Gasteiger partial charge in [-0.2, -0.15) is 0 Å². The van der Waals surface area contributed by atoms with Gasteiger partial charge < -0.3 is 26.1 Å². The Labute approximate surface area is 191 Å². The number of carbonyl (C=O) groups is 2. The topological polar surface area (TPSA) is 122 Å². The van der Waals surface area contributed by atoms with Gasteiger partial charge in [0.1, 0.15) is 11.3 Å². The number of nitrogens with one attached hydrogen (secondary N) is 3. The number of nitrogen functional groups attached to an aromatic ring is 1. The quantitative estimate of drug-likeness (QED) is 0.329. The van der Waals surface area contributed by atoms with E-state index in [1.807, 2.05) is 26.0 Å². The summed E-state index contributed by atoms with van der Waals surface area (Å²) < 4.78 is 5.29. The van der Waals surface area contributed by atoms with E-state index in [9.17, 15) is 9.59 Å². The number of rotatable bonds is 6. The Kier molecular flexibility index (Phi) is 6.10. The zero-order valence-electron chi connectivity index (χ0n) is 18.7. The van der Waals surface area contributed by atoms with Crippen LogP contribution in [-0.2, 0) is 11.3 Å². The Balaban J connectivity index is 1.59. The molecule has 0 fully saturated rings. The molecule has 3 aromatic carbocycles. The number of anilines is 3. The Morgan fingerprint density at radius 1 is 1.00 bits per heavy atom. The summed E-state index contributed by atoms with van der Waals surface area (Å²) in [5.41, 5.74) is 11.5. The first-order valence-corrected chi connectivity index (χ1v) is 10.4. The number of imidazole rings is 1. The van der Waals surface area contributed by atoms with Crippen LogP contribution < -0.4 is 16.4 Å². The van der Waals surface area contributed by atoms with Crippen molar-refractivity contribution in [2.75, 3.05) is 23.5 Å². The molecule has 33 heavy (non-hydrogen) atoms. The SMILES string of the molecule is COCc1cc(C(=O)Nc2ccc(C)cc2N)ccc1NC(=O)c1cccc2[nH]c(C)nc12. The van der Waals surface area contributed by atoms with Crippen molar-refractivity contribution in [2.45, 2.75) is 20.5 Å². The van der Waals surface area contributed by atoms with Crippen LogP contribution in [0.2, 0.25) is 0 Å². The monoisotopic (exact) mass is 443 g/mol. The number of nitrogens with two attached hydrogens (primary N) is 1. The Hall–Kier alpha value is -4.17. The van der Waals surface area contributed by atoms with Crippen LogP contribution in [0.5, 0.6) is 0 Å². The first kappa shape index (κ1) is 22.0. The van der Waals surface area contributed by atoms with Crippen LogP contribution in [0.4, 0.5) is 17.1 Å². The molecule has 8 nitrogen and oxygen atoms in total. The van der Waals surface area contributed by atoms with E-state index in [0.29, 0.717) is 39.3 Å². The van der Waals surface area contributed by atoms with Crippen LogP contribution in [0.25, 0.3) is 11.0 Å². The Morgan fingerprint density at radius 2 is 1.76 bits per heavy atom. The molecule has 0 radical (unpaired) electrons. The fourth-order valence-electron chi connectivity index (χ4n) is 3.65. The summed E-state index contributed by atoms with van der Waals surface area (Å²) >= 11 is 0. The summed E-state index contributed by atoms with van der Waals surface area (Å²) in [6, 6.07) is 15.9. The summed E-state index contributed by atoms with van der Waals surface area (Å²) in [5, 5.41) is 5.75. The number of carbonyl (C=O) groups excluding carboxylic acids is 2. The molecule has 2 amide bonds. The largest absolute Gasteiger partial charge is 0.397 e. The minimum atomic E-state index is -0.308. The number of ether oxygens (including phenoxy) is 1. The predicted molar refractivity (Wildman–Crippen MR) is 129 cm³/mol. The van der Waals surface area contributed by atoms with E-state index in [0.717, 1.165) is 16.9 Å². The third-order valence-corrected chi connectivity index (χ3v) is 5.25. The number of aryl methyl sites for hydroxylation is 2. The van der Waals surface area contributed by atoms with Crippen molar-refractivity contribution in [3.05, 3.63) is 82.7 Å². The molecule has 0 unspecified atom stereocenters. The number of hydrogen-bond donors (Lipinski definition) is 4. The number of aromatic amines is 1. The lowest BCUT2D eigenvalue weighted by Gasteiger charge is -2.14. The van der Waals surface area contributed by atoms with E-state index in [1.54, 1.807) is 49.6 Å². The molecule has 0 saturated heterocycles. The Morgan fingerprint density at radius 3 is 2.52 bits per heavy atom. The van der Waals surface area contributed by atoms with Gasteiger partial charge in [-0.25, -0.2) is 4.98 Å². The number of nitrogens with zero attached hydrogens (tertiary/aromatic N) is 1. The van der Waals surface area contributed by atoms with Gasteiger partial charge in [0.05, 0.1) is 29.1 Å². The lowest BCUT2D eigenvalue weighted by atomic mass is 10.1. The molecule has 1 heterocycles. The van der Waals surface area contributed by atoms with E-state index in [1.165, 1.54) is 0 Å². The number of para-hydroxylation sites is 1. The van der Waals surface area contributed by atoms with Crippen molar-refractivity contribution < 1.29 is 14.3 Å². The summed E-state index contributed by atoms with van der Waals surface area (Å²) in [7, 11) is 1.55. The highest BCUT2D eigenvalue weighted by molar-refractivity contribution is 6.12. The van der Waals surface area contributed by atoms with Crippen molar-refractivity contribution in [2.24, 2.45) is 0 Å². The zero-order chi connectivity index (χ0) is 23.5. The molecule has 0 saturated carbocycles. The number of benzene rings is 3. The zero-order valence-corrected chi connectivity index (χ0v) is 18.7. The molecule has 0 atom stereocenters. The molecular formula is C25H25N5O3. The number of hydrogen-bond acceptors (Lipinski definition) is 5. The van der Waals surface area contributed by atoms with E-state index in [4.69, 9.17) is 10.5 Å². The molecule has 0 spiro atoms.